The van der Waals surface area contributed by atoms with Crippen LogP contribution in [0.5, 0.6) is 5.75 Å². The molecule has 0 saturated carbocycles. The second-order valence-electron chi connectivity index (χ2n) is 4.48. The Morgan fingerprint density at radius 3 is 3.14 bits per heavy atom. The molecule has 0 fully saturated rings. The number of amides is 1. The van der Waals surface area contributed by atoms with E-state index in [4.69, 9.17) is 4.74 Å². The van der Waals surface area contributed by atoms with Gasteiger partial charge in [0.1, 0.15) is 12.1 Å². The topological polar surface area (TPSA) is 69.0 Å². The summed E-state index contributed by atoms with van der Waals surface area (Å²) in [6.07, 6.45) is 3.26. The minimum atomic E-state index is -0.284. The first-order valence-electron chi connectivity index (χ1n) is 6.75. The molecule has 22 heavy (non-hydrogen) atoms. The van der Waals surface area contributed by atoms with E-state index in [1.54, 1.807) is 19.5 Å². The van der Waals surface area contributed by atoms with Gasteiger partial charge in [0, 0.05) is 12.6 Å². The van der Waals surface area contributed by atoms with Crippen molar-refractivity contribution in [2.24, 2.45) is 0 Å². The van der Waals surface area contributed by atoms with Gasteiger partial charge in [-0.15, -0.1) is 16.8 Å². The number of carbonyl (C=O) groups excluding carboxylic acids is 1. The minimum absolute atomic E-state index is 0.0647. The molecule has 6 nitrogen and oxygen atoms in total. The molecule has 1 atom stereocenters. The maximum atomic E-state index is 11.9. The van der Waals surface area contributed by atoms with E-state index in [1.807, 2.05) is 35.8 Å². The number of methoxy groups -OCH3 is 1. The Hall–Kier alpha value is -2.28. The van der Waals surface area contributed by atoms with Crippen LogP contribution in [0.4, 0.5) is 0 Å². The number of rotatable bonds is 7. The molecule has 0 aliphatic carbocycles. The second kappa shape index (κ2) is 7.65. The Balaban J connectivity index is 2.15. The molecule has 1 heterocycles. The molecule has 1 N–H and O–H groups in total. The SMILES string of the molecule is C=CCNC(=O)C(C)Sc1nncn1-c1cccc(OC)c1. The molecule has 7 heteroatoms. The summed E-state index contributed by atoms with van der Waals surface area (Å²) in [4.78, 5) is 11.9. The summed E-state index contributed by atoms with van der Waals surface area (Å²) in [5.41, 5.74) is 0.880. The molecular formula is C15H18N4O2S. The predicted octanol–water partition coefficient (Wildman–Crippen LogP) is 2.06. The van der Waals surface area contributed by atoms with Crippen molar-refractivity contribution in [3.63, 3.8) is 0 Å². The molecule has 1 amide bonds. The molecular weight excluding hydrogens is 300 g/mol. The molecule has 0 bridgehead atoms. The monoisotopic (exact) mass is 318 g/mol. The lowest BCUT2D eigenvalue weighted by Crippen LogP contribution is -2.31. The van der Waals surface area contributed by atoms with Crippen molar-refractivity contribution in [1.82, 2.24) is 20.1 Å². The van der Waals surface area contributed by atoms with Gasteiger partial charge < -0.3 is 10.1 Å². The highest BCUT2D eigenvalue weighted by atomic mass is 32.2. The average molecular weight is 318 g/mol. The molecule has 0 spiro atoms. The van der Waals surface area contributed by atoms with Gasteiger partial charge in [-0.05, 0) is 19.1 Å². The fourth-order valence-electron chi connectivity index (χ4n) is 1.77. The van der Waals surface area contributed by atoms with E-state index < -0.39 is 0 Å². The van der Waals surface area contributed by atoms with Crippen molar-refractivity contribution >= 4 is 17.7 Å². The first-order valence-corrected chi connectivity index (χ1v) is 7.63. The zero-order chi connectivity index (χ0) is 15.9. The van der Waals surface area contributed by atoms with Gasteiger partial charge in [0.25, 0.3) is 0 Å². The van der Waals surface area contributed by atoms with Crippen molar-refractivity contribution in [3.05, 3.63) is 43.2 Å². The Morgan fingerprint density at radius 1 is 1.59 bits per heavy atom. The van der Waals surface area contributed by atoms with Crippen LogP contribution in [0, 0.1) is 0 Å². The van der Waals surface area contributed by atoms with Crippen LogP contribution < -0.4 is 10.1 Å². The molecule has 1 unspecified atom stereocenters. The maximum absolute atomic E-state index is 11.9. The fraction of sp³-hybridized carbons (Fsp3) is 0.267. The van der Waals surface area contributed by atoms with Crippen molar-refractivity contribution in [3.8, 4) is 11.4 Å². The molecule has 2 aromatic rings. The lowest BCUT2D eigenvalue weighted by molar-refractivity contribution is -0.120. The zero-order valence-corrected chi connectivity index (χ0v) is 13.3. The van der Waals surface area contributed by atoms with E-state index in [1.165, 1.54) is 11.8 Å². The largest absolute Gasteiger partial charge is 0.497 e. The number of hydrogen-bond donors (Lipinski definition) is 1. The number of nitrogens with one attached hydrogen (secondary N) is 1. The Morgan fingerprint density at radius 2 is 2.41 bits per heavy atom. The molecule has 2 rings (SSSR count). The summed E-state index contributed by atoms with van der Waals surface area (Å²) in [5.74, 6) is 0.684. The van der Waals surface area contributed by atoms with Gasteiger partial charge in [0.05, 0.1) is 18.0 Å². The molecule has 0 saturated heterocycles. The summed E-state index contributed by atoms with van der Waals surface area (Å²) in [6.45, 7) is 5.86. The van der Waals surface area contributed by atoms with Gasteiger partial charge in [-0.2, -0.15) is 0 Å². The molecule has 1 aromatic carbocycles. The minimum Gasteiger partial charge on any atom is -0.497 e. The van der Waals surface area contributed by atoms with Gasteiger partial charge >= 0.3 is 0 Å². The third kappa shape index (κ3) is 3.88. The summed E-state index contributed by atoms with van der Waals surface area (Å²) in [7, 11) is 1.62. The van der Waals surface area contributed by atoms with Gasteiger partial charge in [-0.1, -0.05) is 23.9 Å². The van der Waals surface area contributed by atoms with Gasteiger partial charge in [0.2, 0.25) is 5.91 Å². The van der Waals surface area contributed by atoms with Crippen molar-refractivity contribution < 1.29 is 9.53 Å². The van der Waals surface area contributed by atoms with E-state index in [2.05, 4.69) is 22.1 Å². The van der Waals surface area contributed by atoms with Crippen molar-refractivity contribution in [2.75, 3.05) is 13.7 Å². The highest BCUT2D eigenvalue weighted by Crippen LogP contribution is 2.25. The van der Waals surface area contributed by atoms with Crippen LogP contribution in [-0.4, -0.2) is 39.6 Å². The average Bonchev–Trinajstić information content (AvgIpc) is 3.00. The Kier molecular flexibility index (Phi) is 5.60. The third-order valence-corrected chi connectivity index (χ3v) is 3.98. The van der Waals surface area contributed by atoms with Crippen LogP contribution in [0.25, 0.3) is 5.69 Å². The van der Waals surface area contributed by atoms with Crippen LogP contribution in [-0.2, 0) is 4.79 Å². The lowest BCUT2D eigenvalue weighted by Gasteiger charge is -2.12. The Bertz CT molecular complexity index is 656. The summed E-state index contributed by atoms with van der Waals surface area (Å²) < 4.78 is 7.05. The van der Waals surface area contributed by atoms with E-state index in [0.717, 1.165) is 11.4 Å². The Labute approximate surface area is 133 Å². The predicted molar refractivity (Wildman–Crippen MR) is 86.4 cm³/mol. The second-order valence-corrected chi connectivity index (χ2v) is 5.79. The van der Waals surface area contributed by atoms with Crippen LogP contribution in [0.2, 0.25) is 0 Å². The molecule has 0 aliphatic heterocycles. The van der Waals surface area contributed by atoms with Gasteiger partial charge in [-0.3, -0.25) is 9.36 Å². The van der Waals surface area contributed by atoms with Crippen LogP contribution >= 0.6 is 11.8 Å². The normalized spacial score (nSPS) is 11.7. The van der Waals surface area contributed by atoms with Crippen molar-refractivity contribution in [1.29, 1.82) is 0 Å². The first kappa shape index (κ1) is 16.1. The molecule has 0 radical (unpaired) electrons. The van der Waals surface area contributed by atoms with Crippen molar-refractivity contribution in [2.45, 2.75) is 17.3 Å². The first-order chi connectivity index (χ1) is 10.7. The van der Waals surface area contributed by atoms with E-state index >= 15 is 0 Å². The van der Waals surface area contributed by atoms with E-state index in [-0.39, 0.29) is 11.2 Å². The number of hydrogen-bond acceptors (Lipinski definition) is 5. The lowest BCUT2D eigenvalue weighted by atomic mass is 10.3. The number of ether oxygens (including phenoxy) is 1. The summed E-state index contributed by atoms with van der Waals surface area (Å²) >= 11 is 1.35. The number of thioether (sulfide) groups is 1. The standard InChI is InChI=1S/C15H18N4O2S/c1-4-8-16-14(20)11(2)22-15-18-17-10-19(15)12-6-5-7-13(9-12)21-3/h4-7,9-11H,1,8H2,2-3H3,(H,16,20). The zero-order valence-electron chi connectivity index (χ0n) is 12.5. The number of nitrogens with zero attached hydrogens (tertiary/aromatic N) is 3. The highest BCUT2D eigenvalue weighted by Gasteiger charge is 2.17. The van der Waals surface area contributed by atoms with Crippen LogP contribution in [0.3, 0.4) is 0 Å². The molecule has 0 aliphatic rings. The van der Waals surface area contributed by atoms with Crippen LogP contribution in [0.15, 0.2) is 48.4 Å². The van der Waals surface area contributed by atoms with Gasteiger partial charge in [-0.25, -0.2) is 0 Å². The van der Waals surface area contributed by atoms with E-state index in [9.17, 15) is 4.79 Å². The number of benzene rings is 1. The molecule has 1 aromatic heterocycles. The maximum Gasteiger partial charge on any atom is 0.233 e. The summed E-state index contributed by atoms with van der Waals surface area (Å²) in [5, 5.41) is 11.1. The van der Waals surface area contributed by atoms with Gasteiger partial charge in [0.15, 0.2) is 5.16 Å². The van der Waals surface area contributed by atoms with Crippen LogP contribution in [0.1, 0.15) is 6.92 Å². The third-order valence-electron chi connectivity index (χ3n) is 2.92. The smallest absolute Gasteiger partial charge is 0.233 e. The quantitative estimate of drug-likeness (QED) is 0.625. The highest BCUT2D eigenvalue weighted by molar-refractivity contribution is 8.00. The number of carbonyl (C=O) groups is 1. The fourth-order valence-corrected chi connectivity index (χ4v) is 2.64. The van der Waals surface area contributed by atoms with E-state index in [0.29, 0.717) is 11.7 Å². The number of aromatic nitrogens is 3. The molecule has 116 valence electrons. The summed E-state index contributed by atoms with van der Waals surface area (Å²) in [6, 6.07) is 7.57.